The zero-order valence-electron chi connectivity index (χ0n) is 40.6. The molecule has 73 heavy (non-hydrogen) atoms. The summed E-state index contributed by atoms with van der Waals surface area (Å²) in [6, 6.07) is 21.0. The van der Waals surface area contributed by atoms with Crippen molar-refractivity contribution in [2.75, 3.05) is 74.6 Å². The molecule has 8 aromatic rings. The highest BCUT2D eigenvalue weighted by Gasteiger charge is 2.36. The van der Waals surface area contributed by atoms with Crippen molar-refractivity contribution in [2.24, 2.45) is 0 Å². The number of nitrogens with zero attached hydrogens (tertiary/aromatic N) is 13. The molecule has 2 aliphatic heterocycles. The molecular weight excluding hydrogens is 1030 g/mol. The zero-order valence-corrected chi connectivity index (χ0v) is 43.8. The van der Waals surface area contributed by atoms with Gasteiger partial charge < -0.3 is 24.7 Å². The number of likely N-dealkylation sites (tertiary alicyclic amines) is 1. The summed E-state index contributed by atoms with van der Waals surface area (Å²) in [6.07, 6.45) is 8.18. The van der Waals surface area contributed by atoms with E-state index >= 15 is 0 Å². The molecule has 6 aromatic heterocycles. The van der Waals surface area contributed by atoms with Gasteiger partial charge in [-0.05, 0) is 111 Å². The molecular formula is C53H50BrF2N13O2S2. The number of hydrogen-bond acceptors (Lipinski definition) is 14. The van der Waals surface area contributed by atoms with Crippen LogP contribution in [0.4, 0.5) is 36.1 Å². The van der Waals surface area contributed by atoms with Crippen LogP contribution in [0, 0.1) is 48.1 Å². The van der Waals surface area contributed by atoms with E-state index in [0.29, 0.717) is 68.4 Å². The topological polar surface area (TPSA) is 161 Å². The van der Waals surface area contributed by atoms with Crippen molar-refractivity contribution in [1.29, 1.82) is 10.5 Å². The second kappa shape index (κ2) is 19.6. The standard InChI is InChI=1S/C31H33FN8O2S.C22H17BrFN5S/c1-19-15-40-25(13-24(19)38-11-9-37(10-12-38)18-27(42)39-16-23(41)17-39)30(29(35-40)21-3-4-21)36(2)31-34-28(26(14-33)43-31)20-5-7-22(32)8-6-20;1-12-11-29-17(9-16(12)23)21(20(27-29)14-3-4-14)28(2)22-26-19(18(10-25)30-22)13-5-7-15(24)8-6-13/h5-8,13,15,21,23,41H,3-4,9-12,16-18H2,1-2H3;5-9,11,14H,3-4H2,1-2H3. The summed E-state index contributed by atoms with van der Waals surface area (Å²) in [5, 5.41) is 40.3. The Balaban J connectivity index is 0.000000168. The molecule has 0 spiro atoms. The Labute approximate surface area is 436 Å². The average Bonchev–Trinajstić information content (AvgIpc) is 4.25. The third kappa shape index (κ3) is 9.54. The van der Waals surface area contributed by atoms with Gasteiger partial charge in [0.1, 0.15) is 44.9 Å². The lowest BCUT2D eigenvalue weighted by atomic mass is 10.1. The van der Waals surface area contributed by atoms with Crippen LogP contribution in [0.1, 0.15) is 69.8 Å². The molecule has 372 valence electrons. The quantitative estimate of drug-likeness (QED) is 0.131. The fraction of sp³-hybridized carbons (Fsp3) is 0.340. The van der Waals surface area contributed by atoms with Crippen molar-refractivity contribution in [3.8, 4) is 34.7 Å². The fourth-order valence-electron chi connectivity index (χ4n) is 9.59. The minimum atomic E-state index is -0.382. The molecule has 0 bridgehead atoms. The fourth-order valence-corrected chi connectivity index (χ4v) is 11.6. The van der Waals surface area contributed by atoms with E-state index in [9.17, 15) is 29.2 Å². The summed E-state index contributed by atoms with van der Waals surface area (Å²) in [7, 11) is 3.94. The van der Waals surface area contributed by atoms with Gasteiger partial charge in [-0.2, -0.15) is 20.7 Å². The second-order valence-electron chi connectivity index (χ2n) is 19.2. The number of rotatable bonds is 11. The number of β-amino-alcohol motifs (C(OH)–C–C–N with tert-alkyl or cyclic N) is 1. The smallest absolute Gasteiger partial charge is 0.236 e. The number of carbonyl (C=O) groups excluding carboxylic acids is 1. The number of nitriles is 2. The first-order valence-electron chi connectivity index (χ1n) is 24.2. The maximum Gasteiger partial charge on any atom is 0.236 e. The van der Waals surface area contributed by atoms with E-state index in [1.165, 1.54) is 46.9 Å². The molecule has 12 rings (SSSR count). The van der Waals surface area contributed by atoms with Gasteiger partial charge in [0, 0.05) is 98.9 Å². The minimum absolute atomic E-state index is 0.0835. The van der Waals surface area contributed by atoms with Gasteiger partial charge in [0.2, 0.25) is 5.91 Å². The predicted octanol–water partition coefficient (Wildman–Crippen LogP) is 9.93. The van der Waals surface area contributed by atoms with Gasteiger partial charge >= 0.3 is 0 Å². The monoisotopic (exact) mass is 1080 g/mol. The van der Waals surface area contributed by atoms with Gasteiger partial charge in [-0.3, -0.25) is 9.69 Å². The Morgan fingerprint density at radius 1 is 0.740 bits per heavy atom. The van der Waals surface area contributed by atoms with E-state index < -0.39 is 0 Å². The Morgan fingerprint density at radius 2 is 1.21 bits per heavy atom. The van der Waals surface area contributed by atoms with E-state index in [1.807, 2.05) is 46.0 Å². The lowest BCUT2D eigenvalue weighted by molar-refractivity contribution is -0.142. The maximum atomic E-state index is 13.6. The summed E-state index contributed by atoms with van der Waals surface area (Å²) in [5.41, 5.74) is 12.0. The number of aliphatic hydroxyl groups is 1. The number of benzene rings is 2. The molecule has 2 saturated heterocycles. The van der Waals surface area contributed by atoms with Crippen LogP contribution in [0.5, 0.6) is 0 Å². The molecule has 4 aliphatic rings. The van der Waals surface area contributed by atoms with Gasteiger partial charge in [0.25, 0.3) is 0 Å². The van der Waals surface area contributed by atoms with Crippen molar-refractivity contribution in [3.05, 3.63) is 121 Å². The highest BCUT2D eigenvalue weighted by atomic mass is 79.9. The third-order valence-corrected chi connectivity index (χ3v) is 16.9. The first-order valence-corrected chi connectivity index (χ1v) is 26.6. The van der Waals surface area contributed by atoms with Crippen molar-refractivity contribution in [2.45, 2.75) is 57.5 Å². The lowest BCUT2D eigenvalue weighted by Gasteiger charge is -2.40. The van der Waals surface area contributed by atoms with Crippen molar-refractivity contribution in [3.63, 3.8) is 0 Å². The predicted molar refractivity (Wildman–Crippen MR) is 283 cm³/mol. The van der Waals surface area contributed by atoms with Crippen LogP contribution in [0.3, 0.4) is 0 Å². The zero-order chi connectivity index (χ0) is 50.8. The molecule has 20 heteroatoms. The summed E-state index contributed by atoms with van der Waals surface area (Å²) in [5.74, 6) is 0.282. The van der Waals surface area contributed by atoms with E-state index in [1.54, 1.807) is 29.2 Å². The van der Waals surface area contributed by atoms with Crippen LogP contribution in [-0.2, 0) is 4.79 Å². The normalized spacial score (nSPS) is 16.0. The van der Waals surface area contributed by atoms with Crippen molar-refractivity contribution < 1.29 is 18.7 Å². The van der Waals surface area contributed by atoms with Gasteiger partial charge in [-0.15, -0.1) is 0 Å². The first kappa shape index (κ1) is 48.5. The average molecular weight is 1080 g/mol. The summed E-state index contributed by atoms with van der Waals surface area (Å²) >= 11 is 6.29. The Kier molecular flexibility index (Phi) is 13.0. The molecule has 4 fully saturated rings. The second-order valence-corrected chi connectivity index (χ2v) is 22.1. The first-order chi connectivity index (χ1) is 35.2. The SMILES string of the molecule is Cc1cn2nc(C3CC3)c(N(C)c3nc(-c4ccc(F)cc4)c(C#N)s3)c2cc1Br.Cc1cn2nc(C3CC3)c(N(C)c3nc(-c4ccc(F)cc4)c(C#N)s3)c2cc1N1CCN(CC(=O)N2CC(O)C2)CC1. The minimum Gasteiger partial charge on any atom is -0.389 e. The largest absolute Gasteiger partial charge is 0.389 e. The van der Waals surface area contributed by atoms with Crippen molar-refractivity contribution in [1.82, 2.24) is 39.0 Å². The molecule has 0 radical (unpaired) electrons. The number of carbonyl (C=O) groups is 1. The Hall–Kier alpha value is -6.81. The molecule has 1 N–H and O–H groups in total. The van der Waals surface area contributed by atoms with Crippen LogP contribution in [0.15, 0.2) is 77.5 Å². The van der Waals surface area contributed by atoms with E-state index in [-0.39, 0.29) is 23.6 Å². The summed E-state index contributed by atoms with van der Waals surface area (Å²) < 4.78 is 31.8. The van der Waals surface area contributed by atoms with Gasteiger partial charge in [0.15, 0.2) is 10.3 Å². The van der Waals surface area contributed by atoms with Gasteiger partial charge in [-0.25, -0.2) is 27.8 Å². The number of piperazine rings is 1. The highest BCUT2D eigenvalue weighted by Crippen LogP contribution is 2.49. The number of halogens is 3. The molecule has 15 nitrogen and oxygen atoms in total. The lowest BCUT2D eigenvalue weighted by Crippen LogP contribution is -2.57. The van der Waals surface area contributed by atoms with E-state index in [0.717, 1.165) is 113 Å². The number of anilines is 5. The number of aryl methyl sites for hydroxylation is 2. The summed E-state index contributed by atoms with van der Waals surface area (Å²) in [4.78, 5) is 33.5. The molecule has 2 aromatic carbocycles. The molecule has 2 saturated carbocycles. The third-order valence-electron chi connectivity index (χ3n) is 14.0. The maximum absolute atomic E-state index is 13.6. The van der Waals surface area contributed by atoms with Crippen LogP contribution >= 0.6 is 38.6 Å². The van der Waals surface area contributed by atoms with Gasteiger partial charge in [-0.1, -0.05) is 38.6 Å². The summed E-state index contributed by atoms with van der Waals surface area (Å²) in [6.45, 7) is 8.60. The van der Waals surface area contributed by atoms with E-state index in [2.05, 4.69) is 63.1 Å². The Bertz CT molecular complexity index is 3500. The molecule has 0 unspecified atom stereocenters. The van der Waals surface area contributed by atoms with Gasteiger partial charge in [0.05, 0.1) is 46.4 Å². The number of pyridine rings is 2. The molecule has 8 heterocycles. The Morgan fingerprint density at radius 3 is 1.66 bits per heavy atom. The van der Waals surface area contributed by atoms with Crippen LogP contribution < -0.4 is 14.7 Å². The van der Waals surface area contributed by atoms with Crippen molar-refractivity contribution >= 4 is 82.9 Å². The number of amides is 1. The van der Waals surface area contributed by atoms with Crippen LogP contribution in [0.25, 0.3) is 33.5 Å². The number of thiazole rings is 2. The number of aliphatic hydroxyl groups excluding tert-OH is 1. The highest BCUT2D eigenvalue weighted by molar-refractivity contribution is 9.10. The number of hydrogen-bond donors (Lipinski definition) is 1. The molecule has 2 aliphatic carbocycles. The number of aromatic nitrogens is 6. The molecule has 0 atom stereocenters. The molecule has 1 amide bonds. The van der Waals surface area contributed by atoms with Crippen LogP contribution in [0.2, 0.25) is 0 Å². The van der Waals surface area contributed by atoms with Crippen LogP contribution in [-0.4, -0.2) is 116 Å². The number of fused-ring (bicyclic) bond motifs is 2. The van der Waals surface area contributed by atoms with E-state index in [4.69, 9.17) is 20.2 Å².